The number of fused-ring (bicyclic) bond motifs is 1. The quantitative estimate of drug-likeness (QED) is 0.270. The number of ether oxygens (including phenoxy) is 2. The summed E-state index contributed by atoms with van der Waals surface area (Å²) in [6, 6.07) is 25.8. The number of amides is 3. The van der Waals surface area contributed by atoms with Crippen LogP contribution in [0, 0.1) is 11.8 Å². The van der Waals surface area contributed by atoms with Crippen LogP contribution in [0.25, 0.3) is 0 Å². The van der Waals surface area contributed by atoms with Crippen LogP contribution in [0.4, 0.5) is 5.69 Å². The number of para-hydroxylation sites is 1. The van der Waals surface area contributed by atoms with E-state index in [0.717, 1.165) is 37.9 Å². The Hall–Kier alpha value is -4.43. The number of carbonyl (C=O) groups excluding carboxylic acids is 3. The number of hydrogen-bond donors (Lipinski definition) is 2. The van der Waals surface area contributed by atoms with E-state index in [4.69, 9.17) is 9.47 Å². The van der Waals surface area contributed by atoms with E-state index in [1.165, 1.54) is 12.0 Å². The first-order chi connectivity index (χ1) is 22.4. The number of rotatable bonds is 10. The predicted molar refractivity (Wildman–Crippen MR) is 175 cm³/mol. The van der Waals surface area contributed by atoms with Gasteiger partial charge in [0.05, 0.1) is 17.9 Å². The van der Waals surface area contributed by atoms with E-state index in [-0.39, 0.29) is 29.8 Å². The third kappa shape index (κ3) is 5.71. The Morgan fingerprint density at radius 2 is 1.59 bits per heavy atom. The number of hydrogen-bond acceptors (Lipinski definition) is 5. The number of carbonyl (C=O) groups is 3. The molecule has 2 bridgehead atoms. The van der Waals surface area contributed by atoms with E-state index >= 15 is 0 Å². The van der Waals surface area contributed by atoms with Gasteiger partial charge < -0.3 is 25.0 Å². The molecule has 238 valence electrons. The number of aryl methyl sites for hydroxylation is 1. The molecule has 4 aliphatic rings. The molecule has 8 heteroatoms. The summed E-state index contributed by atoms with van der Waals surface area (Å²) in [6.45, 7) is 2.00. The molecular formula is C38H41N3O5. The van der Waals surface area contributed by atoms with Gasteiger partial charge in [0, 0.05) is 17.8 Å². The summed E-state index contributed by atoms with van der Waals surface area (Å²) in [6.07, 6.45) is 9.84. The second kappa shape index (κ2) is 12.8. The monoisotopic (exact) mass is 619 g/mol. The van der Waals surface area contributed by atoms with Gasteiger partial charge in [-0.1, -0.05) is 79.9 Å². The van der Waals surface area contributed by atoms with E-state index in [2.05, 4.69) is 22.8 Å². The molecule has 6 atom stereocenters. The number of nitrogens with one attached hydrogen (secondary N) is 2. The predicted octanol–water partition coefficient (Wildman–Crippen LogP) is 6.04. The topological polar surface area (TPSA) is 97.0 Å². The van der Waals surface area contributed by atoms with Gasteiger partial charge in [-0.3, -0.25) is 14.4 Å². The number of benzene rings is 3. The first-order valence-corrected chi connectivity index (χ1v) is 16.6. The maximum absolute atomic E-state index is 14.5. The van der Waals surface area contributed by atoms with Gasteiger partial charge >= 0.3 is 0 Å². The minimum atomic E-state index is -1.18. The van der Waals surface area contributed by atoms with Crippen LogP contribution in [0.2, 0.25) is 0 Å². The number of nitrogens with zero attached hydrogens (tertiary/aromatic N) is 1. The Morgan fingerprint density at radius 1 is 0.913 bits per heavy atom. The second-order valence-corrected chi connectivity index (χ2v) is 13.1. The van der Waals surface area contributed by atoms with E-state index < -0.39 is 29.6 Å². The lowest BCUT2D eigenvalue weighted by Gasteiger charge is -2.36. The van der Waals surface area contributed by atoms with Crippen LogP contribution in [-0.2, 0) is 25.5 Å². The summed E-state index contributed by atoms with van der Waals surface area (Å²) in [4.78, 5) is 44.3. The van der Waals surface area contributed by atoms with E-state index in [1.807, 2.05) is 67.6 Å². The zero-order valence-electron chi connectivity index (χ0n) is 26.1. The highest BCUT2D eigenvalue weighted by molar-refractivity contribution is 6.03. The van der Waals surface area contributed by atoms with Crippen LogP contribution < -0.4 is 15.4 Å². The Bertz CT molecular complexity index is 1590. The zero-order chi connectivity index (χ0) is 31.7. The molecule has 3 heterocycles. The molecule has 46 heavy (non-hydrogen) atoms. The van der Waals surface area contributed by atoms with Crippen LogP contribution in [-0.4, -0.2) is 52.5 Å². The zero-order valence-corrected chi connectivity index (χ0v) is 26.1. The van der Waals surface area contributed by atoms with Crippen LogP contribution in [0.5, 0.6) is 11.5 Å². The van der Waals surface area contributed by atoms with Crippen molar-refractivity contribution in [2.45, 2.75) is 81.7 Å². The molecule has 1 saturated carbocycles. The van der Waals surface area contributed by atoms with Crippen LogP contribution >= 0.6 is 0 Å². The Morgan fingerprint density at radius 3 is 2.30 bits per heavy atom. The molecule has 3 aromatic rings. The van der Waals surface area contributed by atoms with Crippen molar-refractivity contribution in [2.24, 2.45) is 11.8 Å². The van der Waals surface area contributed by atoms with Crippen molar-refractivity contribution in [1.82, 2.24) is 10.2 Å². The molecule has 2 N–H and O–H groups in total. The van der Waals surface area contributed by atoms with Crippen LogP contribution in [0.15, 0.2) is 97.1 Å². The Labute approximate surface area is 270 Å². The fourth-order valence-corrected chi connectivity index (χ4v) is 7.82. The average Bonchev–Trinajstić information content (AvgIpc) is 3.73. The minimum absolute atomic E-state index is 0.0868. The molecule has 8 nitrogen and oxygen atoms in total. The van der Waals surface area contributed by atoms with Crippen molar-refractivity contribution in [3.05, 3.63) is 103 Å². The molecule has 2 saturated heterocycles. The Kier molecular flexibility index (Phi) is 8.38. The van der Waals surface area contributed by atoms with E-state index in [9.17, 15) is 14.4 Å². The largest absolute Gasteiger partial charge is 0.457 e. The normalized spacial score (nSPS) is 27.3. The van der Waals surface area contributed by atoms with Gasteiger partial charge in [-0.2, -0.15) is 0 Å². The molecule has 7 rings (SSSR count). The lowest BCUT2D eigenvalue weighted by atomic mass is 9.74. The van der Waals surface area contributed by atoms with Gasteiger partial charge in [-0.15, -0.1) is 0 Å². The summed E-state index contributed by atoms with van der Waals surface area (Å²) in [5.74, 6) is -0.847. The lowest BCUT2D eigenvalue weighted by molar-refractivity contribution is -0.143. The molecule has 0 unspecified atom stereocenters. The third-order valence-corrected chi connectivity index (χ3v) is 10.1. The van der Waals surface area contributed by atoms with Gasteiger partial charge in [0.25, 0.3) is 0 Å². The smallest absolute Gasteiger partial charge is 0.246 e. The van der Waals surface area contributed by atoms with Gasteiger partial charge in [0.1, 0.15) is 23.1 Å². The van der Waals surface area contributed by atoms with Crippen LogP contribution in [0.3, 0.4) is 0 Å². The van der Waals surface area contributed by atoms with Crippen molar-refractivity contribution >= 4 is 23.4 Å². The fourth-order valence-electron chi connectivity index (χ4n) is 7.82. The van der Waals surface area contributed by atoms with Gasteiger partial charge in [0.2, 0.25) is 17.7 Å². The van der Waals surface area contributed by atoms with Gasteiger partial charge in [0.15, 0.2) is 0 Å². The standard InChI is InChI=1S/C38H41N3O5/c1-25(17-18-26-11-5-2-6-12-26)41-34(36(43)40-27-13-7-3-8-14-27)38-24-23-31(46-38)32(33(38)37(41)44)35(42)39-28-19-21-30(22-20-28)45-29-15-9-4-10-16-29/h2,4-6,9-12,15-16,19-25,27,31-34H,3,7-8,13-14,17-18H2,1H3,(H,39,42)(H,40,43)/t25-,31-,32-,33-,34-,38+/m1/s1. The highest BCUT2D eigenvalue weighted by Gasteiger charge is 2.73. The molecule has 0 radical (unpaired) electrons. The number of likely N-dealkylation sites (tertiary alicyclic amines) is 1. The molecule has 3 aromatic carbocycles. The molecule has 1 spiro atoms. The van der Waals surface area contributed by atoms with Gasteiger partial charge in [-0.25, -0.2) is 0 Å². The van der Waals surface area contributed by atoms with Crippen LogP contribution in [0.1, 0.15) is 51.0 Å². The van der Waals surface area contributed by atoms with Crippen molar-refractivity contribution in [1.29, 1.82) is 0 Å². The summed E-state index contributed by atoms with van der Waals surface area (Å²) >= 11 is 0. The molecule has 3 amide bonds. The molecule has 0 aromatic heterocycles. The van der Waals surface area contributed by atoms with E-state index in [1.54, 1.807) is 29.2 Å². The first-order valence-electron chi connectivity index (χ1n) is 16.6. The molecular weight excluding hydrogens is 578 g/mol. The average molecular weight is 620 g/mol. The SMILES string of the molecule is C[C@H](CCc1ccccc1)N1C(=O)[C@H]2[C@H](C(=O)Nc3ccc(Oc4ccccc4)cc3)[C@H]3C=C[C@@]2(O3)[C@H]1C(=O)NC1CCCCC1. The fraction of sp³-hybridized carbons (Fsp3) is 0.395. The molecule has 3 fully saturated rings. The van der Waals surface area contributed by atoms with Crippen molar-refractivity contribution in [3.8, 4) is 11.5 Å². The highest BCUT2D eigenvalue weighted by atomic mass is 16.5. The Balaban J connectivity index is 1.12. The molecule has 1 aliphatic carbocycles. The minimum Gasteiger partial charge on any atom is -0.457 e. The summed E-state index contributed by atoms with van der Waals surface area (Å²) in [7, 11) is 0. The summed E-state index contributed by atoms with van der Waals surface area (Å²) in [5.41, 5.74) is 0.588. The van der Waals surface area contributed by atoms with Crippen molar-refractivity contribution < 1.29 is 23.9 Å². The maximum atomic E-state index is 14.5. The highest BCUT2D eigenvalue weighted by Crippen LogP contribution is 2.56. The van der Waals surface area contributed by atoms with E-state index in [0.29, 0.717) is 17.9 Å². The first kappa shape index (κ1) is 30.2. The maximum Gasteiger partial charge on any atom is 0.246 e. The van der Waals surface area contributed by atoms with Crippen molar-refractivity contribution in [2.75, 3.05) is 5.32 Å². The lowest BCUT2D eigenvalue weighted by Crippen LogP contribution is -2.58. The summed E-state index contributed by atoms with van der Waals surface area (Å²) < 4.78 is 12.5. The number of anilines is 1. The second-order valence-electron chi connectivity index (χ2n) is 13.1. The van der Waals surface area contributed by atoms with Crippen molar-refractivity contribution in [3.63, 3.8) is 0 Å². The third-order valence-electron chi connectivity index (χ3n) is 10.1. The van der Waals surface area contributed by atoms with Gasteiger partial charge in [-0.05, 0) is 74.6 Å². The molecule has 3 aliphatic heterocycles. The summed E-state index contributed by atoms with van der Waals surface area (Å²) in [5, 5.41) is 6.29.